The topological polar surface area (TPSA) is 63.6 Å². The fourth-order valence-electron chi connectivity index (χ4n) is 0.770. The van der Waals surface area contributed by atoms with Gasteiger partial charge in [-0.25, -0.2) is 4.79 Å². The standard InChI is InChI=1S/C10H16O4/c1-4-5-6-14-10(13)8(3)7(2)9(11)12/h8H,2,4-6H2,1,3H3,(H,11,12). The van der Waals surface area contributed by atoms with Crippen molar-refractivity contribution in [2.45, 2.75) is 26.7 Å². The van der Waals surface area contributed by atoms with Crippen molar-refractivity contribution in [2.75, 3.05) is 6.61 Å². The number of unbranched alkanes of at least 4 members (excludes halogenated alkanes) is 1. The predicted molar refractivity (Wildman–Crippen MR) is 51.8 cm³/mol. The molecule has 14 heavy (non-hydrogen) atoms. The van der Waals surface area contributed by atoms with Crippen molar-refractivity contribution >= 4 is 11.9 Å². The molecule has 1 N–H and O–H groups in total. The molecule has 0 spiro atoms. The van der Waals surface area contributed by atoms with E-state index in [-0.39, 0.29) is 5.57 Å². The van der Waals surface area contributed by atoms with Crippen molar-refractivity contribution < 1.29 is 19.4 Å². The lowest BCUT2D eigenvalue weighted by Crippen LogP contribution is -2.20. The molecule has 0 aliphatic rings. The van der Waals surface area contributed by atoms with E-state index in [0.29, 0.717) is 6.61 Å². The molecule has 0 radical (unpaired) electrons. The normalized spacial score (nSPS) is 11.9. The summed E-state index contributed by atoms with van der Waals surface area (Å²) in [5, 5.41) is 8.57. The molecule has 1 unspecified atom stereocenters. The van der Waals surface area contributed by atoms with Crippen LogP contribution in [-0.4, -0.2) is 23.7 Å². The van der Waals surface area contributed by atoms with Gasteiger partial charge < -0.3 is 9.84 Å². The Labute approximate surface area is 83.6 Å². The first-order valence-electron chi connectivity index (χ1n) is 4.59. The Kier molecular flexibility index (Phi) is 5.60. The van der Waals surface area contributed by atoms with Crippen molar-refractivity contribution in [3.8, 4) is 0 Å². The lowest BCUT2D eigenvalue weighted by Gasteiger charge is -2.10. The molecule has 0 aromatic heterocycles. The molecular weight excluding hydrogens is 184 g/mol. The van der Waals surface area contributed by atoms with Crippen LogP contribution in [0.2, 0.25) is 0 Å². The van der Waals surface area contributed by atoms with Crippen LogP contribution < -0.4 is 0 Å². The first-order valence-corrected chi connectivity index (χ1v) is 4.59. The van der Waals surface area contributed by atoms with Crippen LogP contribution in [0.25, 0.3) is 0 Å². The maximum atomic E-state index is 11.2. The van der Waals surface area contributed by atoms with Crippen LogP contribution in [0.5, 0.6) is 0 Å². The predicted octanol–water partition coefficient (Wildman–Crippen LogP) is 1.61. The summed E-state index contributed by atoms with van der Waals surface area (Å²) in [7, 11) is 0. The first kappa shape index (κ1) is 12.7. The van der Waals surface area contributed by atoms with E-state index in [0.717, 1.165) is 12.8 Å². The van der Waals surface area contributed by atoms with Gasteiger partial charge in [-0.05, 0) is 13.3 Å². The third-order valence-corrected chi connectivity index (χ3v) is 1.89. The molecular formula is C10H16O4. The van der Waals surface area contributed by atoms with E-state index >= 15 is 0 Å². The van der Waals surface area contributed by atoms with E-state index in [2.05, 4.69) is 6.58 Å². The second-order valence-corrected chi connectivity index (χ2v) is 3.07. The number of aliphatic carboxylic acids is 1. The van der Waals surface area contributed by atoms with Crippen molar-refractivity contribution in [1.82, 2.24) is 0 Å². The molecule has 1 atom stereocenters. The highest BCUT2D eigenvalue weighted by atomic mass is 16.5. The number of carbonyl (C=O) groups excluding carboxylic acids is 1. The molecule has 0 saturated heterocycles. The highest BCUT2D eigenvalue weighted by Crippen LogP contribution is 2.10. The molecule has 0 aliphatic heterocycles. The quantitative estimate of drug-likeness (QED) is 0.402. The van der Waals surface area contributed by atoms with Gasteiger partial charge in [0.25, 0.3) is 0 Å². The number of ether oxygens (including phenoxy) is 1. The van der Waals surface area contributed by atoms with Crippen LogP contribution in [0.1, 0.15) is 26.7 Å². The summed E-state index contributed by atoms with van der Waals surface area (Å²) in [4.78, 5) is 21.7. The SMILES string of the molecule is C=C(C(=O)O)C(C)C(=O)OCCCC. The lowest BCUT2D eigenvalue weighted by atomic mass is 10.0. The summed E-state index contributed by atoms with van der Waals surface area (Å²) < 4.78 is 4.85. The zero-order valence-corrected chi connectivity index (χ0v) is 8.58. The Hall–Kier alpha value is -1.32. The van der Waals surface area contributed by atoms with Gasteiger partial charge in [-0.3, -0.25) is 4.79 Å². The monoisotopic (exact) mass is 200 g/mol. The van der Waals surface area contributed by atoms with Gasteiger partial charge in [-0.1, -0.05) is 19.9 Å². The number of carboxylic acid groups (broad SMARTS) is 1. The van der Waals surface area contributed by atoms with Crippen molar-refractivity contribution in [3.05, 3.63) is 12.2 Å². The number of carboxylic acids is 1. The van der Waals surface area contributed by atoms with Gasteiger partial charge in [0.1, 0.15) is 0 Å². The van der Waals surface area contributed by atoms with E-state index in [9.17, 15) is 9.59 Å². The summed E-state index contributed by atoms with van der Waals surface area (Å²) in [5.41, 5.74) is -0.133. The zero-order chi connectivity index (χ0) is 11.1. The number of esters is 1. The van der Waals surface area contributed by atoms with E-state index in [4.69, 9.17) is 9.84 Å². The number of hydrogen-bond donors (Lipinski definition) is 1. The summed E-state index contributed by atoms with van der Waals surface area (Å²) in [5.74, 6) is -2.46. The molecule has 4 nitrogen and oxygen atoms in total. The molecule has 0 aliphatic carbocycles. The van der Waals surface area contributed by atoms with Crippen LogP contribution in [-0.2, 0) is 14.3 Å². The Bertz CT molecular complexity index is 232. The van der Waals surface area contributed by atoms with Crippen LogP contribution in [0.3, 0.4) is 0 Å². The minimum atomic E-state index is -1.16. The summed E-state index contributed by atoms with van der Waals surface area (Å²) in [6, 6.07) is 0. The van der Waals surface area contributed by atoms with Crippen molar-refractivity contribution in [2.24, 2.45) is 5.92 Å². The number of hydrogen-bond acceptors (Lipinski definition) is 3. The van der Waals surface area contributed by atoms with Crippen LogP contribution in [0.4, 0.5) is 0 Å². The first-order chi connectivity index (χ1) is 6.50. The van der Waals surface area contributed by atoms with E-state index in [1.165, 1.54) is 6.92 Å². The molecule has 0 aromatic rings. The van der Waals surface area contributed by atoms with Gasteiger partial charge in [0.15, 0.2) is 0 Å². The van der Waals surface area contributed by atoms with Gasteiger partial charge in [0, 0.05) is 5.57 Å². The zero-order valence-electron chi connectivity index (χ0n) is 8.58. The molecule has 0 rings (SSSR count). The Morgan fingerprint density at radius 2 is 2.07 bits per heavy atom. The van der Waals surface area contributed by atoms with Crippen LogP contribution in [0, 0.1) is 5.92 Å². The molecule has 0 saturated carbocycles. The van der Waals surface area contributed by atoms with Gasteiger partial charge in [-0.2, -0.15) is 0 Å². The molecule has 80 valence electrons. The molecule has 0 heterocycles. The molecule has 0 bridgehead atoms. The minimum absolute atomic E-state index is 0.133. The molecule has 0 amide bonds. The third kappa shape index (κ3) is 4.07. The van der Waals surface area contributed by atoms with Gasteiger partial charge >= 0.3 is 11.9 Å². The van der Waals surface area contributed by atoms with E-state index in [1.54, 1.807) is 0 Å². The maximum absolute atomic E-state index is 11.2. The number of rotatable bonds is 6. The lowest BCUT2D eigenvalue weighted by molar-refractivity contribution is -0.148. The van der Waals surface area contributed by atoms with Gasteiger partial charge in [-0.15, -0.1) is 0 Å². The Morgan fingerprint density at radius 1 is 1.50 bits per heavy atom. The second-order valence-electron chi connectivity index (χ2n) is 3.07. The Balaban J connectivity index is 3.99. The molecule has 4 heteroatoms. The fraction of sp³-hybridized carbons (Fsp3) is 0.600. The van der Waals surface area contributed by atoms with Gasteiger partial charge in [0.05, 0.1) is 12.5 Å². The van der Waals surface area contributed by atoms with Crippen LogP contribution >= 0.6 is 0 Å². The van der Waals surface area contributed by atoms with Gasteiger partial charge in [0.2, 0.25) is 0 Å². The minimum Gasteiger partial charge on any atom is -0.478 e. The average Bonchev–Trinajstić information content (AvgIpc) is 2.15. The van der Waals surface area contributed by atoms with E-state index in [1.807, 2.05) is 6.92 Å². The van der Waals surface area contributed by atoms with Crippen LogP contribution in [0.15, 0.2) is 12.2 Å². The smallest absolute Gasteiger partial charge is 0.331 e. The second kappa shape index (κ2) is 6.18. The Morgan fingerprint density at radius 3 is 2.50 bits per heavy atom. The highest BCUT2D eigenvalue weighted by molar-refractivity contribution is 5.93. The largest absolute Gasteiger partial charge is 0.478 e. The fourth-order valence-corrected chi connectivity index (χ4v) is 0.770. The maximum Gasteiger partial charge on any atom is 0.331 e. The summed E-state index contributed by atoms with van der Waals surface area (Å²) in [6.45, 7) is 7.10. The molecule has 0 fully saturated rings. The number of carbonyl (C=O) groups is 2. The molecule has 0 aromatic carbocycles. The third-order valence-electron chi connectivity index (χ3n) is 1.89. The highest BCUT2D eigenvalue weighted by Gasteiger charge is 2.22. The summed E-state index contributed by atoms with van der Waals surface area (Å²) >= 11 is 0. The average molecular weight is 200 g/mol. The van der Waals surface area contributed by atoms with Crippen molar-refractivity contribution in [3.63, 3.8) is 0 Å². The summed E-state index contributed by atoms with van der Waals surface area (Å²) in [6.07, 6.45) is 1.72. The van der Waals surface area contributed by atoms with Crippen molar-refractivity contribution in [1.29, 1.82) is 0 Å². The van der Waals surface area contributed by atoms with E-state index < -0.39 is 17.9 Å².